The third-order valence-electron chi connectivity index (χ3n) is 2.37. The predicted octanol–water partition coefficient (Wildman–Crippen LogP) is 2.00. The van der Waals surface area contributed by atoms with Crippen LogP contribution >= 0.6 is 0 Å². The van der Waals surface area contributed by atoms with Crippen LogP contribution in [0.2, 0.25) is 19.6 Å². The molecule has 2 nitrogen and oxygen atoms in total. The molecule has 76 valence electrons. The van der Waals surface area contributed by atoms with Gasteiger partial charge in [0.15, 0.2) is 11.5 Å². The summed E-state index contributed by atoms with van der Waals surface area (Å²) in [5.74, 6) is 1.90. The van der Waals surface area contributed by atoms with Gasteiger partial charge < -0.3 is 9.47 Å². The monoisotopic (exact) mass is 208 g/mol. The van der Waals surface area contributed by atoms with Crippen LogP contribution in [0.3, 0.4) is 0 Å². The molecule has 3 heteroatoms. The fourth-order valence-corrected chi connectivity index (χ4v) is 3.14. The topological polar surface area (TPSA) is 18.5 Å². The van der Waals surface area contributed by atoms with Gasteiger partial charge in [-0.15, -0.1) is 0 Å². The minimum Gasteiger partial charge on any atom is -0.486 e. The molecule has 2 rings (SSSR count). The average Bonchev–Trinajstić information content (AvgIpc) is 2.15. The van der Waals surface area contributed by atoms with Crippen LogP contribution < -0.4 is 14.7 Å². The average molecular weight is 208 g/mol. The van der Waals surface area contributed by atoms with Gasteiger partial charge in [0, 0.05) is 0 Å². The van der Waals surface area contributed by atoms with Gasteiger partial charge in [-0.25, -0.2) is 0 Å². The summed E-state index contributed by atoms with van der Waals surface area (Å²) in [6, 6.07) is 6.21. The van der Waals surface area contributed by atoms with Crippen molar-refractivity contribution in [2.75, 3.05) is 13.2 Å². The quantitative estimate of drug-likeness (QED) is 0.657. The number of hydrogen-bond donors (Lipinski definition) is 0. The highest BCUT2D eigenvalue weighted by atomic mass is 28.3. The molecular weight excluding hydrogens is 192 g/mol. The molecule has 0 spiro atoms. The van der Waals surface area contributed by atoms with E-state index in [1.54, 1.807) is 0 Å². The van der Waals surface area contributed by atoms with Gasteiger partial charge in [0.25, 0.3) is 0 Å². The molecule has 0 N–H and O–H groups in total. The fraction of sp³-hybridized carbons (Fsp3) is 0.455. The summed E-state index contributed by atoms with van der Waals surface area (Å²) in [6.07, 6.45) is 0. The molecule has 0 saturated heterocycles. The first kappa shape index (κ1) is 9.59. The Hall–Kier alpha value is -0.963. The second-order valence-corrected chi connectivity index (χ2v) is 9.62. The molecular formula is C11H16O2Si. The summed E-state index contributed by atoms with van der Waals surface area (Å²) in [6.45, 7) is 8.30. The largest absolute Gasteiger partial charge is 0.486 e. The summed E-state index contributed by atoms with van der Waals surface area (Å²) in [5.41, 5.74) is 0. The van der Waals surface area contributed by atoms with Gasteiger partial charge >= 0.3 is 0 Å². The number of fused-ring (bicyclic) bond motifs is 1. The summed E-state index contributed by atoms with van der Waals surface area (Å²) >= 11 is 0. The van der Waals surface area contributed by atoms with E-state index in [1.807, 2.05) is 6.07 Å². The van der Waals surface area contributed by atoms with Gasteiger partial charge in [0.2, 0.25) is 0 Å². The second kappa shape index (κ2) is 3.31. The molecule has 0 aromatic heterocycles. The second-order valence-electron chi connectivity index (χ2n) is 4.58. The van der Waals surface area contributed by atoms with Crippen LogP contribution in [0.5, 0.6) is 11.5 Å². The number of ether oxygens (including phenoxy) is 2. The molecule has 1 aromatic rings. The number of para-hydroxylation sites is 1. The van der Waals surface area contributed by atoms with Crippen molar-refractivity contribution in [3.63, 3.8) is 0 Å². The van der Waals surface area contributed by atoms with Crippen LogP contribution in [-0.2, 0) is 0 Å². The van der Waals surface area contributed by atoms with Crippen molar-refractivity contribution in [1.82, 2.24) is 0 Å². The standard InChI is InChI=1S/C11H16O2Si/c1-14(2,3)10-6-4-5-9-11(10)13-8-7-12-9/h4-6H,7-8H2,1-3H3. The van der Waals surface area contributed by atoms with Crippen LogP contribution in [-0.4, -0.2) is 21.3 Å². The maximum Gasteiger partial charge on any atom is 0.161 e. The van der Waals surface area contributed by atoms with Crippen LogP contribution in [0, 0.1) is 0 Å². The van der Waals surface area contributed by atoms with Gasteiger partial charge in [-0.3, -0.25) is 0 Å². The lowest BCUT2D eigenvalue weighted by molar-refractivity contribution is 0.173. The Morgan fingerprint density at radius 2 is 1.79 bits per heavy atom. The van der Waals surface area contributed by atoms with E-state index in [0.29, 0.717) is 13.2 Å². The van der Waals surface area contributed by atoms with Crippen LogP contribution in [0.25, 0.3) is 0 Å². The molecule has 1 aliphatic rings. The first-order valence-electron chi connectivity index (χ1n) is 4.98. The van der Waals surface area contributed by atoms with Crippen molar-refractivity contribution >= 4 is 13.3 Å². The van der Waals surface area contributed by atoms with Gasteiger partial charge in [0.1, 0.15) is 13.2 Å². The molecule has 0 bridgehead atoms. The van der Waals surface area contributed by atoms with E-state index in [0.717, 1.165) is 11.5 Å². The van der Waals surface area contributed by atoms with Crippen LogP contribution in [0.4, 0.5) is 0 Å². The lowest BCUT2D eigenvalue weighted by Crippen LogP contribution is -2.40. The Morgan fingerprint density at radius 3 is 2.50 bits per heavy atom. The third-order valence-corrected chi connectivity index (χ3v) is 4.38. The van der Waals surface area contributed by atoms with E-state index in [2.05, 4.69) is 31.8 Å². The van der Waals surface area contributed by atoms with Gasteiger partial charge in [-0.2, -0.15) is 0 Å². The van der Waals surface area contributed by atoms with Crippen molar-refractivity contribution < 1.29 is 9.47 Å². The maximum absolute atomic E-state index is 5.69. The number of hydrogen-bond acceptors (Lipinski definition) is 2. The maximum atomic E-state index is 5.69. The highest BCUT2D eigenvalue weighted by molar-refractivity contribution is 6.89. The summed E-state index contributed by atoms with van der Waals surface area (Å²) in [4.78, 5) is 0. The third kappa shape index (κ3) is 1.64. The zero-order valence-electron chi connectivity index (χ0n) is 8.96. The Bertz CT molecular complexity index is 342. The molecule has 1 aliphatic heterocycles. The van der Waals surface area contributed by atoms with Crippen molar-refractivity contribution in [1.29, 1.82) is 0 Å². The molecule has 0 radical (unpaired) electrons. The van der Waals surface area contributed by atoms with E-state index in [-0.39, 0.29) is 0 Å². The van der Waals surface area contributed by atoms with Crippen LogP contribution in [0.1, 0.15) is 0 Å². The summed E-state index contributed by atoms with van der Waals surface area (Å²) in [5, 5.41) is 1.36. The first-order chi connectivity index (χ1) is 6.59. The summed E-state index contributed by atoms with van der Waals surface area (Å²) < 4.78 is 11.2. The molecule has 0 atom stereocenters. The number of rotatable bonds is 1. The molecule has 14 heavy (non-hydrogen) atoms. The molecule has 0 aliphatic carbocycles. The highest BCUT2D eigenvalue weighted by Gasteiger charge is 2.25. The molecule has 0 saturated carbocycles. The molecule has 0 amide bonds. The highest BCUT2D eigenvalue weighted by Crippen LogP contribution is 2.29. The fourth-order valence-electron chi connectivity index (χ4n) is 1.66. The Kier molecular flexibility index (Phi) is 2.27. The molecule has 0 fully saturated rings. The van der Waals surface area contributed by atoms with E-state index < -0.39 is 8.07 Å². The zero-order valence-corrected chi connectivity index (χ0v) is 9.96. The van der Waals surface area contributed by atoms with Crippen molar-refractivity contribution in [2.45, 2.75) is 19.6 Å². The SMILES string of the molecule is C[Si](C)(C)c1cccc2c1OCCO2. The zero-order chi connectivity index (χ0) is 10.2. The smallest absolute Gasteiger partial charge is 0.161 e. The Balaban J connectivity index is 2.51. The minimum absolute atomic E-state index is 0.669. The normalized spacial score (nSPS) is 15.4. The Morgan fingerprint density at radius 1 is 1.07 bits per heavy atom. The van der Waals surface area contributed by atoms with Crippen molar-refractivity contribution in [2.24, 2.45) is 0 Å². The predicted molar refractivity (Wildman–Crippen MR) is 60.4 cm³/mol. The number of benzene rings is 1. The Labute approximate surface area is 85.9 Å². The minimum atomic E-state index is -1.32. The van der Waals surface area contributed by atoms with Gasteiger partial charge in [-0.1, -0.05) is 31.8 Å². The van der Waals surface area contributed by atoms with E-state index >= 15 is 0 Å². The molecule has 1 aromatic carbocycles. The molecule has 0 unspecified atom stereocenters. The van der Waals surface area contributed by atoms with E-state index in [9.17, 15) is 0 Å². The van der Waals surface area contributed by atoms with Crippen LogP contribution in [0.15, 0.2) is 18.2 Å². The lowest BCUT2D eigenvalue weighted by atomic mass is 10.3. The van der Waals surface area contributed by atoms with Gasteiger partial charge in [0.05, 0.1) is 8.07 Å². The van der Waals surface area contributed by atoms with Crippen molar-refractivity contribution in [3.8, 4) is 11.5 Å². The molecule has 1 heterocycles. The van der Waals surface area contributed by atoms with Crippen molar-refractivity contribution in [3.05, 3.63) is 18.2 Å². The van der Waals surface area contributed by atoms with E-state index in [4.69, 9.17) is 9.47 Å². The summed E-state index contributed by atoms with van der Waals surface area (Å²) in [7, 11) is -1.32. The van der Waals surface area contributed by atoms with Gasteiger partial charge in [-0.05, 0) is 11.3 Å². The van der Waals surface area contributed by atoms with E-state index in [1.165, 1.54) is 5.19 Å². The lowest BCUT2D eigenvalue weighted by Gasteiger charge is -2.26. The first-order valence-corrected chi connectivity index (χ1v) is 8.48.